The number of nitrogens with two attached hydrogens (primary N) is 1. The summed E-state index contributed by atoms with van der Waals surface area (Å²) in [5.74, 6) is -0.118. The second-order valence-corrected chi connectivity index (χ2v) is 5.02. The van der Waals surface area contributed by atoms with E-state index in [2.05, 4.69) is 15.6 Å². The van der Waals surface area contributed by atoms with Gasteiger partial charge in [0.05, 0.1) is 5.56 Å². The van der Waals surface area contributed by atoms with Gasteiger partial charge in [-0.3, -0.25) is 9.59 Å². The number of anilines is 1. The Morgan fingerprint density at radius 2 is 2.30 bits per heavy atom. The molecule has 5 N–H and O–H groups in total. The Kier molecular flexibility index (Phi) is 3.06. The quantitative estimate of drug-likeness (QED) is 0.620. The lowest BCUT2D eigenvalue weighted by Crippen LogP contribution is -2.38. The third kappa shape index (κ3) is 2.32. The first-order valence-corrected chi connectivity index (χ1v) is 6.57. The highest BCUT2D eigenvalue weighted by Crippen LogP contribution is 2.20. The number of hydrogen-bond donors (Lipinski definition) is 4. The van der Waals surface area contributed by atoms with Crippen molar-refractivity contribution in [3.63, 3.8) is 0 Å². The van der Waals surface area contributed by atoms with Crippen molar-refractivity contribution in [2.24, 2.45) is 0 Å². The zero-order valence-corrected chi connectivity index (χ0v) is 10.9. The van der Waals surface area contributed by atoms with E-state index in [0.29, 0.717) is 24.2 Å². The van der Waals surface area contributed by atoms with Crippen LogP contribution in [0.25, 0.3) is 10.9 Å². The second kappa shape index (κ2) is 4.88. The number of aromatic amines is 1. The maximum Gasteiger partial charge on any atom is 0.253 e. The van der Waals surface area contributed by atoms with Crippen molar-refractivity contribution in [3.05, 3.63) is 30.0 Å². The minimum absolute atomic E-state index is 0.0294. The lowest BCUT2D eigenvalue weighted by atomic mass is 10.1. The minimum Gasteiger partial charge on any atom is -0.399 e. The molecule has 3 rings (SSSR count). The third-order valence-corrected chi connectivity index (χ3v) is 3.54. The summed E-state index contributed by atoms with van der Waals surface area (Å²) < 4.78 is 0. The first-order valence-electron chi connectivity index (χ1n) is 6.57. The summed E-state index contributed by atoms with van der Waals surface area (Å²) in [7, 11) is 0. The van der Waals surface area contributed by atoms with E-state index < -0.39 is 0 Å². The molecule has 1 aliphatic rings. The predicted molar refractivity (Wildman–Crippen MR) is 76.2 cm³/mol. The number of hydrogen-bond acceptors (Lipinski definition) is 3. The van der Waals surface area contributed by atoms with Crippen molar-refractivity contribution in [3.8, 4) is 0 Å². The Morgan fingerprint density at radius 3 is 3.05 bits per heavy atom. The van der Waals surface area contributed by atoms with Gasteiger partial charge in [0.1, 0.15) is 0 Å². The van der Waals surface area contributed by atoms with Crippen molar-refractivity contribution in [1.82, 2.24) is 15.6 Å². The summed E-state index contributed by atoms with van der Waals surface area (Å²) in [6.07, 6.45) is 2.97. The van der Waals surface area contributed by atoms with E-state index in [0.717, 1.165) is 17.3 Å². The minimum atomic E-state index is -0.164. The molecule has 0 bridgehead atoms. The first kappa shape index (κ1) is 12.5. The number of carbonyl (C=O) groups is 2. The summed E-state index contributed by atoms with van der Waals surface area (Å²) in [4.78, 5) is 26.3. The number of nitrogen functional groups attached to an aromatic ring is 1. The molecular formula is C14H16N4O2. The summed E-state index contributed by atoms with van der Waals surface area (Å²) in [5.41, 5.74) is 7.81. The van der Waals surface area contributed by atoms with Gasteiger partial charge in [0.25, 0.3) is 5.91 Å². The zero-order valence-electron chi connectivity index (χ0n) is 10.9. The molecule has 6 nitrogen and oxygen atoms in total. The topological polar surface area (TPSA) is 100 Å². The van der Waals surface area contributed by atoms with Crippen LogP contribution in [-0.4, -0.2) is 29.4 Å². The van der Waals surface area contributed by atoms with Crippen LogP contribution in [0.15, 0.2) is 24.4 Å². The molecule has 1 aromatic carbocycles. The molecule has 1 saturated heterocycles. The molecule has 1 fully saturated rings. The smallest absolute Gasteiger partial charge is 0.253 e. The van der Waals surface area contributed by atoms with Crippen LogP contribution in [0.4, 0.5) is 5.69 Å². The summed E-state index contributed by atoms with van der Waals surface area (Å²) in [5, 5.41) is 6.47. The fourth-order valence-electron chi connectivity index (χ4n) is 2.47. The Bertz CT molecular complexity index is 677. The lowest BCUT2D eigenvalue weighted by Gasteiger charge is -2.10. The van der Waals surface area contributed by atoms with Gasteiger partial charge < -0.3 is 21.4 Å². The van der Waals surface area contributed by atoms with E-state index in [-0.39, 0.29) is 17.9 Å². The third-order valence-electron chi connectivity index (χ3n) is 3.54. The van der Waals surface area contributed by atoms with E-state index >= 15 is 0 Å². The van der Waals surface area contributed by atoms with E-state index in [1.807, 2.05) is 6.07 Å². The highest BCUT2D eigenvalue weighted by molar-refractivity contribution is 6.07. The van der Waals surface area contributed by atoms with Crippen LogP contribution in [0.2, 0.25) is 0 Å². The Labute approximate surface area is 115 Å². The van der Waals surface area contributed by atoms with Crippen LogP contribution in [0.1, 0.15) is 23.2 Å². The van der Waals surface area contributed by atoms with Gasteiger partial charge >= 0.3 is 0 Å². The molecule has 1 aromatic heterocycles. The van der Waals surface area contributed by atoms with Crippen molar-refractivity contribution in [1.29, 1.82) is 0 Å². The van der Waals surface area contributed by atoms with Gasteiger partial charge in [0, 0.05) is 41.8 Å². The molecule has 1 atom stereocenters. The van der Waals surface area contributed by atoms with Gasteiger partial charge in [-0.2, -0.15) is 0 Å². The maximum atomic E-state index is 12.2. The number of amides is 2. The molecule has 1 aliphatic heterocycles. The fraction of sp³-hybridized carbons (Fsp3) is 0.286. The zero-order chi connectivity index (χ0) is 14.1. The molecule has 0 radical (unpaired) electrons. The van der Waals surface area contributed by atoms with Crippen LogP contribution in [0.5, 0.6) is 0 Å². The van der Waals surface area contributed by atoms with E-state index in [9.17, 15) is 9.59 Å². The van der Waals surface area contributed by atoms with Crippen LogP contribution >= 0.6 is 0 Å². The highest BCUT2D eigenvalue weighted by Gasteiger charge is 2.21. The number of rotatable bonds is 3. The van der Waals surface area contributed by atoms with Crippen molar-refractivity contribution < 1.29 is 9.59 Å². The van der Waals surface area contributed by atoms with Crippen LogP contribution in [0, 0.1) is 0 Å². The number of benzene rings is 1. The van der Waals surface area contributed by atoms with Crippen LogP contribution < -0.4 is 16.4 Å². The Balaban J connectivity index is 1.72. The monoisotopic (exact) mass is 272 g/mol. The van der Waals surface area contributed by atoms with E-state index in [1.54, 1.807) is 18.3 Å². The molecule has 0 spiro atoms. The highest BCUT2D eigenvalue weighted by atomic mass is 16.2. The summed E-state index contributed by atoms with van der Waals surface area (Å²) in [6, 6.07) is 5.44. The van der Waals surface area contributed by atoms with Gasteiger partial charge in [0.15, 0.2) is 0 Å². The molecule has 6 heteroatoms. The molecule has 2 aromatic rings. The number of carbonyl (C=O) groups excluding carboxylic acids is 2. The maximum absolute atomic E-state index is 12.2. The average Bonchev–Trinajstić information content (AvgIpc) is 3.02. The Morgan fingerprint density at radius 1 is 1.45 bits per heavy atom. The fourth-order valence-corrected chi connectivity index (χ4v) is 2.47. The molecule has 2 heterocycles. The molecule has 0 aliphatic carbocycles. The van der Waals surface area contributed by atoms with Gasteiger partial charge in [-0.15, -0.1) is 0 Å². The lowest BCUT2D eigenvalue weighted by molar-refractivity contribution is -0.119. The van der Waals surface area contributed by atoms with Crippen molar-refractivity contribution >= 4 is 28.4 Å². The normalized spacial score (nSPS) is 18.2. The van der Waals surface area contributed by atoms with Crippen LogP contribution in [0.3, 0.4) is 0 Å². The largest absolute Gasteiger partial charge is 0.399 e. The van der Waals surface area contributed by atoms with Gasteiger partial charge in [-0.1, -0.05) is 0 Å². The molecule has 0 saturated carbocycles. The van der Waals surface area contributed by atoms with Gasteiger partial charge in [0.2, 0.25) is 5.91 Å². The van der Waals surface area contributed by atoms with Crippen LogP contribution in [-0.2, 0) is 4.79 Å². The SMILES string of the molecule is Nc1ccc2[nH]cc(C(=O)NCC3CCC(=O)N3)c2c1. The summed E-state index contributed by atoms with van der Waals surface area (Å²) in [6.45, 7) is 0.444. The van der Waals surface area contributed by atoms with E-state index in [1.165, 1.54) is 0 Å². The average molecular weight is 272 g/mol. The predicted octanol–water partition coefficient (Wildman–Crippen LogP) is 0.758. The van der Waals surface area contributed by atoms with Crippen molar-refractivity contribution in [2.45, 2.75) is 18.9 Å². The number of fused-ring (bicyclic) bond motifs is 1. The second-order valence-electron chi connectivity index (χ2n) is 5.02. The molecule has 2 amide bonds. The number of nitrogens with one attached hydrogen (secondary N) is 3. The van der Waals surface area contributed by atoms with Crippen molar-refractivity contribution in [2.75, 3.05) is 12.3 Å². The van der Waals surface area contributed by atoms with E-state index in [4.69, 9.17) is 5.73 Å². The molecular weight excluding hydrogens is 256 g/mol. The number of H-pyrrole nitrogens is 1. The Hall–Kier alpha value is -2.50. The van der Waals surface area contributed by atoms with Gasteiger partial charge in [-0.05, 0) is 24.6 Å². The number of aromatic nitrogens is 1. The molecule has 1 unspecified atom stereocenters. The molecule has 20 heavy (non-hydrogen) atoms. The summed E-state index contributed by atoms with van der Waals surface area (Å²) >= 11 is 0. The first-order chi connectivity index (χ1) is 9.63. The van der Waals surface area contributed by atoms with Gasteiger partial charge in [-0.25, -0.2) is 0 Å². The molecule has 104 valence electrons. The standard InChI is InChI=1S/C14H16N4O2/c15-8-1-3-12-10(5-8)11(7-16-12)14(20)17-6-9-2-4-13(19)18-9/h1,3,5,7,9,16H,2,4,6,15H2,(H,17,20)(H,18,19).